The molecule has 0 aliphatic rings. The largest absolute Gasteiger partial charge is 0.497 e. The van der Waals surface area contributed by atoms with Crippen molar-refractivity contribution >= 4 is 43.5 Å². The second-order valence-electron chi connectivity index (χ2n) is 10.4. The Morgan fingerprint density at radius 3 is 2.20 bits per heavy atom. The summed E-state index contributed by atoms with van der Waals surface area (Å²) in [5, 5.41) is 2.92. The van der Waals surface area contributed by atoms with Gasteiger partial charge in [0.2, 0.25) is 11.8 Å². The van der Waals surface area contributed by atoms with Crippen molar-refractivity contribution < 1.29 is 27.5 Å². The Bertz CT molecular complexity index is 1470. The van der Waals surface area contributed by atoms with Gasteiger partial charge in [0.1, 0.15) is 24.1 Å². The minimum Gasteiger partial charge on any atom is -0.497 e. The minimum atomic E-state index is -4.25. The monoisotopic (exact) mass is 645 g/mol. The predicted octanol–water partition coefficient (Wildman–Crippen LogP) is 4.99. The number of nitrogens with zero attached hydrogens (tertiary/aromatic N) is 2. The number of anilines is 1. The maximum absolute atomic E-state index is 14.1. The van der Waals surface area contributed by atoms with Gasteiger partial charge >= 0.3 is 0 Å². The lowest BCUT2D eigenvalue weighted by Gasteiger charge is -2.33. The first kappa shape index (κ1) is 32.0. The molecule has 3 aromatic carbocycles. The van der Waals surface area contributed by atoms with Crippen LogP contribution >= 0.6 is 15.9 Å². The fourth-order valence-corrected chi connectivity index (χ4v) is 5.98. The molecule has 1 atom stereocenters. The van der Waals surface area contributed by atoms with Crippen LogP contribution in [0, 0.1) is 0 Å². The van der Waals surface area contributed by atoms with Gasteiger partial charge in [-0.3, -0.25) is 13.9 Å². The number of sulfonamides is 1. The van der Waals surface area contributed by atoms with Crippen molar-refractivity contribution in [1.29, 1.82) is 0 Å². The number of para-hydroxylation sites is 2. The summed E-state index contributed by atoms with van der Waals surface area (Å²) in [5.41, 5.74) is 0.426. The molecule has 0 spiro atoms. The smallest absolute Gasteiger partial charge is 0.264 e. The van der Waals surface area contributed by atoms with Crippen LogP contribution in [0.4, 0.5) is 5.69 Å². The first-order valence-electron chi connectivity index (χ1n) is 12.9. The zero-order valence-electron chi connectivity index (χ0n) is 24.0. The molecule has 0 unspecified atom stereocenters. The van der Waals surface area contributed by atoms with Crippen molar-refractivity contribution in [2.24, 2.45) is 0 Å². The molecule has 0 aliphatic carbocycles. The van der Waals surface area contributed by atoms with Crippen LogP contribution in [-0.2, 0) is 26.2 Å². The summed E-state index contributed by atoms with van der Waals surface area (Å²) in [6.45, 7) is 6.69. The molecule has 11 heteroatoms. The Morgan fingerprint density at radius 2 is 1.61 bits per heavy atom. The number of rotatable bonds is 11. The summed E-state index contributed by atoms with van der Waals surface area (Å²) in [6, 6.07) is 18.9. The number of ether oxygens (including phenoxy) is 2. The van der Waals surface area contributed by atoms with E-state index in [0.717, 1.165) is 14.3 Å². The van der Waals surface area contributed by atoms with E-state index in [1.165, 1.54) is 43.4 Å². The zero-order chi connectivity index (χ0) is 30.4. The molecule has 2 amide bonds. The van der Waals surface area contributed by atoms with Gasteiger partial charge in [0, 0.05) is 16.6 Å². The number of benzene rings is 3. The number of halogens is 1. The summed E-state index contributed by atoms with van der Waals surface area (Å²) in [6.07, 6.45) is 0. The zero-order valence-corrected chi connectivity index (χ0v) is 26.5. The van der Waals surface area contributed by atoms with Crippen LogP contribution < -0.4 is 19.1 Å². The Labute approximate surface area is 250 Å². The van der Waals surface area contributed by atoms with Crippen molar-refractivity contribution in [3.05, 3.63) is 82.8 Å². The van der Waals surface area contributed by atoms with Crippen LogP contribution in [0.1, 0.15) is 33.3 Å². The normalized spacial score (nSPS) is 12.3. The predicted molar refractivity (Wildman–Crippen MR) is 163 cm³/mol. The summed E-state index contributed by atoms with van der Waals surface area (Å²) < 4.78 is 40.5. The number of carbonyl (C=O) groups is 2. The lowest BCUT2D eigenvalue weighted by Crippen LogP contribution is -2.54. The Balaban J connectivity index is 2.08. The van der Waals surface area contributed by atoms with Crippen LogP contribution in [0.3, 0.4) is 0 Å². The quantitative estimate of drug-likeness (QED) is 0.315. The molecule has 0 saturated carbocycles. The molecule has 3 aromatic rings. The van der Waals surface area contributed by atoms with Crippen molar-refractivity contribution in [3.63, 3.8) is 0 Å². The lowest BCUT2D eigenvalue weighted by atomic mass is 10.1. The van der Waals surface area contributed by atoms with Gasteiger partial charge in [-0.05, 0) is 81.8 Å². The lowest BCUT2D eigenvalue weighted by molar-refractivity contribution is -0.140. The van der Waals surface area contributed by atoms with E-state index in [2.05, 4.69) is 21.2 Å². The fraction of sp³-hybridized carbons (Fsp3) is 0.333. The Morgan fingerprint density at radius 1 is 0.951 bits per heavy atom. The second-order valence-corrected chi connectivity index (χ2v) is 13.2. The SMILES string of the molecule is COc1ccc(S(=O)(=O)N(CC(=O)N(Cc2cccc(Br)c2)[C@H](C)C(=O)NC(C)(C)C)c2ccccc2OC)cc1. The van der Waals surface area contributed by atoms with E-state index in [1.807, 2.05) is 45.0 Å². The van der Waals surface area contributed by atoms with Crippen LogP contribution in [0.5, 0.6) is 11.5 Å². The molecular formula is C30H36BrN3O6S. The highest BCUT2D eigenvalue weighted by molar-refractivity contribution is 9.10. The highest BCUT2D eigenvalue weighted by Gasteiger charge is 2.34. The van der Waals surface area contributed by atoms with E-state index in [-0.39, 0.29) is 28.8 Å². The topological polar surface area (TPSA) is 105 Å². The average molecular weight is 647 g/mol. The third-order valence-electron chi connectivity index (χ3n) is 6.19. The molecule has 3 rings (SSSR count). The summed E-state index contributed by atoms with van der Waals surface area (Å²) in [4.78, 5) is 28.6. The van der Waals surface area contributed by atoms with Gasteiger partial charge < -0.3 is 19.7 Å². The highest BCUT2D eigenvalue weighted by atomic mass is 79.9. The van der Waals surface area contributed by atoms with E-state index < -0.39 is 34.1 Å². The van der Waals surface area contributed by atoms with Crippen LogP contribution in [0.15, 0.2) is 82.2 Å². The van der Waals surface area contributed by atoms with Crippen molar-refractivity contribution in [2.75, 3.05) is 25.1 Å². The maximum Gasteiger partial charge on any atom is 0.264 e. The van der Waals surface area contributed by atoms with Crippen LogP contribution in [0.2, 0.25) is 0 Å². The van der Waals surface area contributed by atoms with Gasteiger partial charge in [-0.2, -0.15) is 0 Å². The number of nitrogens with one attached hydrogen (secondary N) is 1. The van der Waals surface area contributed by atoms with Gasteiger partial charge in [0.05, 0.1) is 24.8 Å². The van der Waals surface area contributed by atoms with Crippen molar-refractivity contribution in [1.82, 2.24) is 10.2 Å². The molecule has 0 saturated heterocycles. The Kier molecular flexibility index (Phi) is 10.4. The molecule has 0 fully saturated rings. The van der Waals surface area contributed by atoms with E-state index >= 15 is 0 Å². The molecule has 0 heterocycles. The van der Waals surface area contributed by atoms with Crippen LogP contribution in [0.25, 0.3) is 0 Å². The summed E-state index contributed by atoms with van der Waals surface area (Å²) in [7, 11) is -1.34. The molecule has 220 valence electrons. The average Bonchev–Trinajstić information content (AvgIpc) is 2.93. The minimum absolute atomic E-state index is 0.0333. The fourth-order valence-electron chi connectivity index (χ4n) is 4.11. The van der Waals surface area contributed by atoms with Crippen molar-refractivity contribution in [3.8, 4) is 11.5 Å². The first-order chi connectivity index (χ1) is 19.3. The molecule has 41 heavy (non-hydrogen) atoms. The van der Waals surface area contributed by atoms with E-state index in [9.17, 15) is 18.0 Å². The number of carbonyl (C=O) groups excluding carboxylic acids is 2. The van der Waals surface area contributed by atoms with Crippen molar-refractivity contribution in [2.45, 2.75) is 50.7 Å². The number of hydrogen-bond donors (Lipinski definition) is 1. The van der Waals surface area contributed by atoms with E-state index in [4.69, 9.17) is 9.47 Å². The standard InChI is InChI=1S/C30H36BrN3O6S/c1-21(29(36)32-30(2,3)4)33(19-22-10-9-11-23(31)18-22)28(35)20-34(26-12-7-8-13-27(26)40-6)41(37,38)25-16-14-24(39-5)15-17-25/h7-18,21H,19-20H2,1-6H3,(H,32,36)/t21-/m1/s1. The van der Waals surface area contributed by atoms with E-state index in [1.54, 1.807) is 31.2 Å². The molecule has 0 bridgehead atoms. The third kappa shape index (κ3) is 8.23. The number of methoxy groups -OCH3 is 2. The molecule has 0 aliphatic heterocycles. The van der Waals surface area contributed by atoms with E-state index in [0.29, 0.717) is 5.75 Å². The Hall–Kier alpha value is -3.57. The van der Waals surface area contributed by atoms with Gasteiger partial charge in [0.25, 0.3) is 10.0 Å². The second kappa shape index (κ2) is 13.4. The highest BCUT2D eigenvalue weighted by Crippen LogP contribution is 2.33. The summed E-state index contributed by atoms with van der Waals surface area (Å²) in [5.74, 6) is -0.163. The van der Waals surface area contributed by atoms with Gasteiger partial charge in [-0.25, -0.2) is 8.42 Å². The van der Waals surface area contributed by atoms with Gasteiger partial charge in [-0.1, -0.05) is 40.2 Å². The number of hydrogen-bond acceptors (Lipinski definition) is 6. The van der Waals surface area contributed by atoms with Gasteiger partial charge in [-0.15, -0.1) is 0 Å². The molecule has 0 radical (unpaired) electrons. The molecular weight excluding hydrogens is 610 g/mol. The van der Waals surface area contributed by atoms with Crippen LogP contribution in [-0.4, -0.2) is 57.5 Å². The summed E-state index contributed by atoms with van der Waals surface area (Å²) >= 11 is 3.45. The first-order valence-corrected chi connectivity index (χ1v) is 15.2. The molecule has 0 aromatic heterocycles. The third-order valence-corrected chi connectivity index (χ3v) is 8.45. The maximum atomic E-state index is 14.1. The van der Waals surface area contributed by atoms with Gasteiger partial charge in [0.15, 0.2) is 0 Å². The number of amides is 2. The molecule has 1 N–H and O–H groups in total. The molecule has 9 nitrogen and oxygen atoms in total.